The van der Waals surface area contributed by atoms with Crippen molar-refractivity contribution < 1.29 is 28.0 Å². The molecule has 4 heteroatoms. The quantitative estimate of drug-likeness (QED) is 0.602. The summed E-state index contributed by atoms with van der Waals surface area (Å²) in [6, 6.07) is 8.93. The van der Waals surface area contributed by atoms with Gasteiger partial charge in [-0.15, -0.1) is 11.0 Å². The summed E-state index contributed by atoms with van der Waals surface area (Å²) in [5.74, 6) is 0. The van der Waals surface area contributed by atoms with Gasteiger partial charge in [0, 0.05) is 6.04 Å². The molecule has 1 saturated heterocycles. The topological polar surface area (TPSA) is 20.3 Å². The summed E-state index contributed by atoms with van der Waals surface area (Å²) in [4.78, 5) is 14.0. The third-order valence-corrected chi connectivity index (χ3v) is 4.64. The van der Waals surface area contributed by atoms with Crippen LogP contribution in [0.4, 0.5) is 4.39 Å². The third kappa shape index (κ3) is 4.92. The van der Waals surface area contributed by atoms with Crippen LogP contribution in [-0.2, 0) is 10.2 Å². The Morgan fingerprint density at radius 2 is 2.00 bits per heavy atom. The maximum absolute atomic E-state index is 13.9. The molecule has 0 aromatic heterocycles. The van der Waals surface area contributed by atoms with E-state index in [0.717, 1.165) is 31.5 Å². The van der Waals surface area contributed by atoms with Crippen molar-refractivity contribution in [2.45, 2.75) is 57.7 Å². The first-order chi connectivity index (χ1) is 10.0. The van der Waals surface area contributed by atoms with Gasteiger partial charge in [0.2, 0.25) is 0 Å². The molecule has 1 aromatic rings. The SMILES string of the molecule is CCC(F)c1cc[c-]c(C2([C-]=O)CCN(C(C)C)CC2)c1.[CH3-].[Li+]. The molecule has 124 valence electrons. The summed E-state index contributed by atoms with van der Waals surface area (Å²) in [6.45, 7) is 7.90. The van der Waals surface area contributed by atoms with Crippen LogP contribution in [0.15, 0.2) is 18.2 Å². The molecular formula is C19H27FLiNO-2. The molecular weight excluding hydrogens is 284 g/mol. The van der Waals surface area contributed by atoms with Crippen LogP contribution in [0, 0.1) is 13.5 Å². The van der Waals surface area contributed by atoms with Gasteiger partial charge in [0.25, 0.3) is 0 Å². The van der Waals surface area contributed by atoms with Crippen LogP contribution >= 0.6 is 0 Å². The Labute approximate surface area is 153 Å². The van der Waals surface area contributed by atoms with Crippen LogP contribution in [0.5, 0.6) is 0 Å². The van der Waals surface area contributed by atoms with Crippen LogP contribution in [0.3, 0.4) is 0 Å². The van der Waals surface area contributed by atoms with Crippen LogP contribution in [0.2, 0.25) is 0 Å². The first-order valence-corrected chi connectivity index (χ1v) is 7.82. The summed E-state index contributed by atoms with van der Waals surface area (Å²) in [5, 5.41) is 0. The largest absolute Gasteiger partial charge is 1.00 e. The fourth-order valence-corrected chi connectivity index (χ4v) is 3.04. The van der Waals surface area contributed by atoms with E-state index >= 15 is 0 Å². The fraction of sp³-hybridized carbons (Fsp3) is 0.579. The van der Waals surface area contributed by atoms with E-state index in [1.54, 1.807) is 12.1 Å². The van der Waals surface area contributed by atoms with Gasteiger partial charge < -0.3 is 17.1 Å². The Morgan fingerprint density at radius 3 is 2.48 bits per heavy atom. The summed E-state index contributed by atoms with van der Waals surface area (Å²) >= 11 is 0. The normalized spacial score (nSPS) is 18.7. The second-order valence-corrected chi connectivity index (χ2v) is 6.23. The molecule has 2 nitrogen and oxygen atoms in total. The second kappa shape index (κ2) is 9.62. The number of hydrogen-bond donors (Lipinski definition) is 0. The molecule has 0 bridgehead atoms. The zero-order valence-electron chi connectivity index (χ0n) is 15.2. The van der Waals surface area contributed by atoms with Gasteiger partial charge in [-0.2, -0.15) is 29.8 Å². The molecule has 2 rings (SSSR count). The van der Waals surface area contributed by atoms with Gasteiger partial charge in [0.05, 0.1) is 0 Å². The van der Waals surface area contributed by atoms with Crippen LogP contribution in [-0.4, -0.2) is 30.3 Å². The smallest absolute Gasteiger partial charge is 0.541 e. The molecule has 1 unspecified atom stereocenters. The standard InChI is InChI=1S/C18H24FNO.CH3.Li/c1-4-17(19)15-6-5-7-16(12-15)18(13-21)8-10-20(11-9-18)14(2)3;;/h5-6,12,14,17H,4,8-11H2,1-3H3;1H3;/q-2;-1;+1. The third-order valence-electron chi connectivity index (χ3n) is 4.64. The Morgan fingerprint density at radius 1 is 1.39 bits per heavy atom. The minimum Gasteiger partial charge on any atom is -0.541 e. The Bertz CT molecular complexity index is 484. The van der Waals surface area contributed by atoms with Gasteiger partial charge in [-0.05, 0) is 33.4 Å². The zero-order valence-corrected chi connectivity index (χ0v) is 15.2. The second-order valence-electron chi connectivity index (χ2n) is 6.23. The first kappa shape index (κ1) is 22.4. The molecule has 23 heavy (non-hydrogen) atoms. The van der Waals surface area contributed by atoms with Crippen molar-refractivity contribution in [2.75, 3.05) is 13.1 Å². The van der Waals surface area contributed by atoms with Gasteiger partial charge in [-0.25, -0.2) is 4.39 Å². The van der Waals surface area contributed by atoms with Crippen molar-refractivity contribution in [3.63, 3.8) is 0 Å². The van der Waals surface area contributed by atoms with Gasteiger partial charge in [0.1, 0.15) is 6.17 Å². The molecule has 0 aliphatic carbocycles. The van der Waals surface area contributed by atoms with E-state index in [4.69, 9.17) is 0 Å². The maximum Gasteiger partial charge on any atom is 1.00 e. The van der Waals surface area contributed by atoms with Gasteiger partial charge in [-0.3, -0.25) is 6.29 Å². The predicted octanol–water partition coefficient (Wildman–Crippen LogP) is 1.21. The first-order valence-electron chi connectivity index (χ1n) is 7.82. The number of carbonyl (C=O) groups excluding carboxylic acids is 1. The Kier molecular flexibility index (Phi) is 9.36. The van der Waals surface area contributed by atoms with E-state index in [1.807, 2.05) is 13.0 Å². The monoisotopic (exact) mass is 311 g/mol. The van der Waals surface area contributed by atoms with Gasteiger partial charge in [0.15, 0.2) is 0 Å². The maximum atomic E-state index is 13.9. The molecule has 0 saturated carbocycles. The van der Waals surface area contributed by atoms with E-state index in [2.05, 4.69) is 31.1 Å². The van der Waals surface area contributed by atoms with Crippen molar-refractivity contribution in [2.24, 2.45) is 0 Å². The fourth-order valence-electron chi connectivity index (χ4n) is 3.04. The van der Waals surface area contributed by atoms with Crippen LogP contribution in [0.25, 0.3) is 0 Å². The van der Waals surface area contributed by atoms with Crippen molar-refractivity contribution in [1.29, 1.82) is 0 Å². The Balaban J connectivity index is 0.00000242. The molecule has 0 radical (unpaired) electrons. The Hall–Kier alpha value is -0.623. The van der Waals surface area contributed by atoms with Crippen molar-refractivity contribution in [1.82, 2.24) is 4.90 Å². The van der Waals surface area contributed by atoms with Crippen molar-refractivity contribution in [3.05, 3.63) is 42.8 Å². The minimum atomic E-state index is -0.974. The van der Waals surface area contributed by atoms with E-state index in [-0.39, 0.29) is 26.3 Å². The molecule has 0 N–H and O–H groups in total. The van der Waals surface area contributed by atoms with Crippen LogP contribution in [0.1, 0.15) is 57.3 Å². The number of benzene rings is 1. The number of likely N-dealkylation sites (tertiary alicyclic amines) is 1. The summed E-state index contributed by atoms with van der Waals surface area (Å²) in [5.41, 5.74) is 0.830. The van der Waals surface area contributed by atoms with Gasteiger partial charge >= 0.3 is 18.9 Å². The number of alkyl halides is 1. The van der Waals surface area contributed by atoms with E-state index in [1.165, 1.54) is 0 Å². The molecule has 0 spiro atoms. The van der Waals surface area contributed by atoms with Gasteiger partial charge in [-0.1, -0.05) is 19.8 Å². The van der Waals surface area contributed by atoms with Crippen molar-refractivity contribution >= 4 is 6.29 Å². The molecule has 0 amide bonds. The molecule has 1 atom stereocenters. The molecule has 1 aromatic carbocycles. The molecule has 1 fully saturated rings. The number of hydrogen-bond acceptors (Lipinski definition) is 2. The predicted molar refractivity (Wildman–Crippen MR) is 89.1 cm³/mol. The van der Waals surface area contributed by atoms with Crippen molar-refractivity contribution in [3.8, 4) is 0 Å². The van der Waals surface area contributed by atoms with E-state index in [9.17, 15) is 9.18 Å². The molecule has 1 heterocycles. The van der Waals surface area contributed by atoms with E-state index in [0.29, 0.717) is 18.0 Å². The number of piperidine rings is 1. The molecule has 1 aliphatic heterocycles. The average Bonchev–Trinajstić information content (AvgIpc) is 2.54. The number of nitrogens with zero attached hydrogens (tertiary/aromatic N) is 1. The van der Waals surface area contributed by atoms with E-state index < -0.39 is 11.6 Å². The summed E-state index contributed by atoms with van der Waals surface area (Å²) in [7, 11) is 0. The van der Waals surface area contributed by atoms with Crippen LogP contribution < -0.4 is 18.9 Å². The zero-order chi connectivity index (χ0) is 15.5. The summed E-state index contributed by atoms with van der Waals surface area (Å²) in [6.07, 6.45) is 3.19. The minimum absolute atomic E-state index is 0. The number of halogens is 1. The summed E-state index contributed by atoms with van der Waals surface area (Å²) < 4.78 is 13.9. The molecule has 1 aliphatic rings. The number of rotatable bonds is 5. The average molecular weight is 311 g/mol.